The fourth-order valence-electron chi connectivity index (χ4n) is 2.14. The molecule has 3 aromatic rings. The van der Waals surface area contributed by atoms with Gasteiger partial charge in [0.25, 0.3) is 5.91 Å². The summed E-state index contributed by atoms with van der Waals surface area (Å²) in [4.78, 5) is 28.0. The van der Waals surface area contributed by atoms with Crippen molar-refractivity contribution in [1.29, 1.82) is 0 Å². The number of aromatic nitrogens is 2. The molecular formula is C18H15ClN4O3. The number of nitrogens with zero attached hydrogens (tertiary/aromatic N) is 2. The second-order valence-corrected chi connectivity index (χ2v) is 5.82. The number of hydrazine groups is 1. The zero-order chi connectivity index (χ0) is 18.4. The Bertz CT molecular complexity index is 894. The summed E-state index contributed by atoms with van der Waals surface area (Å²) in [6, 6.07) is 15.7. The Morgan fingerprint density at radius 2 is 1.73 bits per heavy atom. The lowest BCUT2D eigenvalue weighted by atomic mass is 10.2. The maximum atomic E-state index is 11.9. The highest BCUT2D eigenvalue weighted by Gasteiger charge is 2.11. The highest BCUT2D eigenvalue weighted by Crippen LogP contribution is 2.15. The van der Waals surface area contributed by atoms with Gasteiger partial charge in [-0.1, -0.05) is 47.1 Å². The third-order valence-corrected chi connectivity index (χ3v) is 3.74. The van der Waals surface area contributed by atoms with Crippen LogP contribution in [0.3, 0.4) is 0 Å². The predicted molar refractivity (Wildman–Crippen MR) is 95.1 cm³/mol. The second kappa shape index (κ2) is 8.26. The van der Waals surface area contributed by atoms with Gasteiger partial charge in [-0.05, 0) is 24.3 Å². The Morgan fingerprint density at radius 3 is 2.46 bits per heavy atom. The summed E-state index contributed by atoms with van der Waals surface area (Å²) in [5.74, 6) is 0.0195. The van der Waals surface area contributed by atoms with Crippen molar-refractivity contribution in [3.63, 3.8) is 0 Å². The van der Waals surface area contributed by atoms with Gasteiger partial charge in [-0.25, -0.2) is 0 Å². The van der Waals surface area contributed by atoms with Crippen molar-refractivity contribution in [2.24, 2.45) is 0 Å². The van der Waals surface area contributed by atoms with E-state index in [0.29, 0.717) is 22.3 Å². The van der Waals surface area contributed by atoms with Crippen LogP contribution in [0.4, 0.5) is 0 Å². The van der Waals surface area contributed by atoms with E-state index in [-0.39, 0.29) is 18.7 Å². The van der Waals surface area contributed by atoms with Crippen molar-refractivity contribution in [1.82, 2.24) is 21.0 Å². The van der Waals surface area contributed by atoms with Crippen LogP contribution in [0.15, 0.2) is 59.1 Å². The summed E-state index contributed by atoms with van der Waals surface area (Å²) in [6.45, 7) is 0. The lowest BCUT2D eigenvalue weighted by Crippen LogP contribution is -2.41. The molecule has 0 atom stereocenters. The van der Waals surface area contributed by atoms with Crippen LogP contribution >= 0.6 is 11.6 Å². The van der Waals surface area contributed by atoms with Crippen molar-refractivity contribution in [2.45, 2.75) is 12.8 Å². The third-order valence-electron chi connectivity index (χ3n) is 3.49. The van der Waals surface area contributed by atoms with Crippen LogP contribution in [-0.4, -0.2) is 22.0 Å². The minimum Gasteiger partial charge on any atom is -0.339 e. The predicted octanol–water partition coefficient (Wildman–Crippen LogP) is 2.78. The number of rotatable bonds is 5. The molecule has 0 saturated carbocycles. The van der Waals surface area contributed by atoms with E-state index in [4.69, 9.17) is 16.1 Å². The molecule has 1 heterocycles. The van der Waals surface area contributed by atoms with Gasteiger partial charge in [0.05, 0.1) is 0 Å². The van der Waals surface area contributed by atoms with Gasteiger partial charge < -0.3 is 4.52 Å². The number of hydrogen-bond acceptors (Lipinski definition) is 5. The van der Waals surface area contributed by atoms with Gasteiger partial charge in [-0.15, -0.1) is 0 Å². The van der Waals surface area contributed by atoms with Crippen molar-refractivity contribution in [3.8, 4) is 11.4 Å². The third kappa shape index (κ3) is 4.67. The van der Waals surface area contributed by atoms with Crippen LogP contribution in [0.5, 0.6) is 0 Å². The lowest BCUT2D eigenvalue weighted by molar-refractivity contribution is -0.121. The van der Waals surface area contributed by atoms with Crippen LogP contribution in [0.25, 0.3) is 11.4 Å². The molecule has 8 heteroatoms. The molecule has 0 aliphatic heterocycles. The second-order valence-electron chi connectivity index (χ2n) is 5.39. The number of hydrogen-bond donors (Lipinski definition) is 2. The molecule has 0 spiro atoms. The Hall–Kier alpha value is -3.19. The molecule has 7 nitrogen and oxygen atoms in total. The Balaban J connectivity index is 1.46. The van der Waals surface area contributed by atoms with Crippen molar-refractivity contribution < 1.29 is 14.1 Å². The van der Waals surface area contributed by atoms with Gasteiger partial charge in [-0.3, -0.25) is 20.4 Å². The van der Waals surface area contributed by atoms with Gasteiger partial charge >= 0.3 is 0 Å². The SMILES string of the molecule is O=C(CCc1nc(-c2ccccc2)no1)NNC(=O)c1ccc(Cl)cc1. The number of amides is 2. The first-order chi connectivity index (χ1) is 12.6. The van der Waals surface area contributed by atoms with E-state index in [1.807, 2.05) is 30.3 Å². The Morgan fingerprint density at radius 1 is 1.00 bits per heavy atom. The molecule has 2 amide bonds. The first kappa shape index (κ1) is 17.6. The average Bonchev–Trinajstić information content (AvgIpc) is 3.15. The van der Waals surface area contributed by atoms with Gasteiger partial charge in [-0.2, -0.15) is 4.98 Å². The summed E-state index contributed by atoms with van der Waals surface area (Å²) < 4.78 is 5.13. The summed E-state index contributed by atoms with van der Waals surface area (Å²) in [5.41, 5.74) is 5.90. The van der Waals surface area contributed by atoms with Gasteiger partial charge in [0.15, 0.2) is 0 Å². The molecule has 132 valence electrons. The summed E-state index contributed by atoms with van der Waals surface area (Å²) in [5, 5.41) is 4.41. The molecule has 2 aromatic carbocycles. The molecule has 0 unspecified atom stereocenters. The normalized spacial score (nSPS) is 10.3. The molecule has 26 heavy (non-hydrogen) atoms. The number of halogens is 1. The minimum atomic E-state index is -0.431. The monoisotopic (exact) mass is 370 g/mol. The van der Waals surface area contributed by atoms with E-state index in [0.717, 1.165) is 5.56 Å². The van der Waals surface area contributed by atoms with E-state index in [2.05, 4.69) is 21.0 Å². The maximum Gasteiger partial charge on any atom is 0.269 e. The zero-order valence-electron chi connectivity index (χ0n) is 13.6. The number of aryl methyl sites for hydroxylation is 1. The first-order valence-corrected chi connectivity index (χ1v) is 8.22. The quantitative estimate of drug-likeness (QED) is 0.673. The van der Waals surface area contributed by atoms with Gasteiger partial charge in [0, 0.05) is 29.0 Å². The van der Waals surface area contributed by atoms with Crippen LogP contribution in [-0.2, 0) is 11.2 Å². The first-order valence-electron chi connectivity index (χ1n) is 7.84. The number of benzene rings is 2. The highest BCUT2D eigenvalue weighted by atomic mass is 35.5. The zero-order valence-corrected chi connectivity index (χ0v) is 14.4. The van der Waals surface area contributed by atoms with Gasteiger partial charge in [0.2, 0.25) is 17.6 Å². The smallest absolute Gasteiger partial charge is 0.269 e. The number of carbonyl (C=O) groups excluding carboxylic acids is 2. The largest absolute Gasteiger partial charge is 0.339 e. The van der Waals surface area contributed by atoms with E-state index in [1.165, 1.54) is 0 Å². The van der Waals surface area contributed by atoms with E-state index >= 15 is 0 Å². The molecule has 1 aromatic heterocycles. The standard InChI is InChI=1S/C18H15ClN4O3/c19-14-8-6-13(7-9-14)18(25)22-21-15(24)10-11-16-20-17(23-26-16)12-4-2-1-3-5-12/h1-9H,10-11H2,(H,21,24)(H,22,25). The number of nitrogens with one attached hydrogen (secondary N) is 2. The number of carbonyl (C=O) groups is 2. The molecule has 0 saturated heterocycles. The molecule has 0 radical (unpaired) electrons. The fourth-order valence-corrected chi connectivity index (χ4v) is 2.27. The van der Waals surface area contributed by atoms with Crippen LogP contribution in [0, 0.1) is 0 Å². The molecule has 2 N–H and O–H groups in total. The highest BCUT2D eigenvalue weighted by molar-refractivity contribution is 6.30. The molecule has 0 aliphatic carbocycles. The summed E-state index contributed by atoms with van der Waals surface area (Å²) >= 11 is 5.76. The van der Waals surface area contributed by atoms with E-state index in [1.54, 1.807) is 24.3 Å². The Labute approximate surface area is 154 Å². The topological polar surface area (TPSA) is 97.1 Å². The van der Waals surface area contributed by atoms with Crippen molar-refractivity contribution in [2.75, 3.05) is 0 Å². The van der Waals surface area contributed by atoms with Crippen molar-refractivity contribution >= 4 is 23.4 Å². The lowest BCUT2D eigenvalue weighted by Gasteiger charge is -2.06. The maximum absolute atomic E-state index is 11.9. The summed E-state index contributed by atoms with van der Waals surface area (Å²) in [7, 11) is 0. The molecule has 0 bridgehead atoms. The van der Waals surface area contributed by atoms with Crippen molar-refractivity contribution in [3.05, 3.63) is 71.1 Å². The fraction of sp³-hybridized carbons (Fsp3) is 0.111. The van der Waals surface area contributed by atoms with E-state index in [9.17, 15) is 9.59 Å². The summed E-state index contributed by atoms with van der Waals surface area (Å²) in [6.07, 6.45) is 0.361. The Kier molecular flexibility index (Phi) is 5.60. The van der Waals surface area contributed by atoms with Crippen LogP contribution in [0.2, 0.25) is 5.02 Å². The average molecular weight is 371 g/mol. The molecule has 0 fully saturated rings. The molecule has 3 rings (SSSR count). The minimum absolute atomic E-state index is 0.0946. The molecular weight excluding hydrogens is 356 g/mol. The van der Waals surface area contributed by atoms with Crippen LogP contribution in [0.1, 0.15) is 22.7 Å². The van der Waals surface area contributed by atoms with Gasteiger partial charge in [0.1, 0.15) is 0 Å². The molecule has 0 aliphatic rings. The van der Waals surface area contributed by atoms with Crippen LogP contribution < -0.4 is 10.9 Å². The van der Waals surface area contributed by atoms with E-state index < -0.39 is 5.91 Å².